The highest BCUT2D eigenvalue weighted by Gasteiger charge is 2.09. The Morgan fingerprint density at radius 2 is 2.09 bits per heavy atom. The maximum absolute atomic E-state index is 5.96. The van der Waals surface area contributed by atoms with Crippen molar-refractivity contribution in [2.45, 2.75) is 25.9 Å². The zero-order chi connectivity index (χ0) is 16.8. The van der Waals surface area contributed by atoms with Crippen LogP contribution in [-0.4, -0.2) is 24.8 Å². The van der Waals surface area contributed by atoms with Crippen LogP contribution in [0.15, 0.2) is 34.9 Å². The Bertz CT molecular complexity index is 669. The molecule has 0 amide bonds. The van der Waals surface area contributed by atoms with Gasteiger partial charge in [-0.15, -0.1) is 0 Å². The molecule has 2 rings (SSSR count). The molecule has 1 atom stereocenters. The predicted octanol–water partition coefficient (Wildman–Crippen LogP) is 5.30. The molecule has 0 bridgehead atoms. The van der Waals surface area contributed by atoms with E-state index in [0.717, 1.165) is 25.9 Å². The van der Waals surface area contributed by atoms with Crippen molar-refractivity contribution < 1.29 is 9.47 Å². The van der Waals surface area contributed by atoms with Crippen molar-refractivity contribution in [2.75, 3.05) is 13.7 Å². The highest BCUT2D eigenvalue weighted by Crippen LogP contribution is 2.23. The average Bonchev–Trinajstić information content (AvgIpc) is 2.51. The van der Waals surface area contributed by atoms with E-state index >= 15 is 0 Å². The first-order valence-electron chi connectivity index (χ1n) is 7.23. The quantitative estimate of drug-likeness (QED) is 0.474. The van der Waals surface area contributed by atoms with E-state index in [1.165, 1.54) is 11.1 Å². The van der Waals surface area contributed by atoms with Crippen LogP contribution in [0.4, 0.5) is 0 Å². The normalized spacial score (nSPS) is 12.2. The third-order valence-corrected chi connectivity index (χ3v) is 5.39. The summed E-state index contributed by atoms with van der Waals surface area (Å²) in [4.78, 5) is 4.24. The molecule has 0 aliphatic rings. The van der Waals surface area contributed by atoms with E-state index in [2.05, 4.69) is 50.4 Å². The molecule has 0 aliphatic heterocycles. The number of rotatable bonds is 7. The third kappa shape index (κ3) is 5.89. The standard InChI is InChI=1S/C17H18BrClINO2/c1-11(7-12-3-4-14(19)8-15(12)18)23-6-5-13-10-21-17(22-2)9-16(13)20/h3-4,8-11H,5-7H2,1-2H3/t11-/m1/s1. The van der Waals surface area contributed by atoms with Gasteiger partial charge in [0, 0.05) is 25.3 Å². The van der Waals surface area contributed by atoms with E-state index in [0.29, 0.717) is 12.5 Å². The molecule has 2 aromatic rings. The smallest absolute Gasteiger partial charge is 0.213 e. The predicted molar refractivity (Wildman–Crippen MR) is 105 cm³/mol. The van der Waals surface area contributed by atoms with Crippen molar-refractivity contribution >= 4 is 50.1 Å². The number of ether oxygens (including phenoxy) is 2. The lowest BCUT2D eigenvalue weighted by atomic mass is 10.1. The van der Waals surface area contributed by atoms with Crippen LogP contribution in [0.25, 0.3) is 0 Å². The van der Waals surface area contributed by atoms with Crippen LogP contribution < -0.4 is 4.74 Å². The Balaban J connectivity index is 1.84. The zero-order valence-corrected chi connectivity index (χ0v) is 17.5. The van der Waals surface area contributed by atoms with Gasteiger partial charge < -0.3 is 9.47 Å². The minimum absolute atomic E-state index is 0.136. The summed E-state index contributed by atoms with van der Waals surface area (Å²) in [6, 6.07) is 7.78. The molecule has 0 fully saturated rings. The molecule has 1 aromatic carbocycles. The Morgan fingerprint density at radius 3 is 2.74 bits per heavy atom. The summed E-state index contributed by atoms with van der Waals surface area (Å²) in [5.41, 5.74) is 2.37. The molecule has 0 radical (unpaired) electrons. The first-order chi connectivity index (χ1) is 11.0. The van der Waals surface area contributed by atoms with Crippen LogP contribution >= 0.6 is 50.1 Å². The lowest BCUT2D eigenvalue weighted by Crippen LogP contribution is -2.14. The van der Waals surface area contributed by atoms with E-state index in [1.807, 2.05) is 30.5 Å². The van der Waals surface area contributed by atoms with Gasteiger partial charge in [0.15, 0.2) is 0 Å². The Hall–Kier alpha value is -0.370. The summed E-state index contributed by atoms with van der Waals surface area (Å²) in [5, 5.41) is 0.732. The molecule has 6 heteroatoms. The van der Waals surface area contributed by atoms with Gasteiger partial charge in [0.1, 0.15) is 0 Å². The fourth-order valence-corrected chi connectivity index (χ4v) is 3.68. The monoisotopic (exact) mass is 509 g/mol. The van der Waals surface area contributed by atoms with Gasteiger partial charge in [-0.3, -0.25) is 0 Å². The van der Waals surface area contributed by atoms with Crippen molar-refractivity contribution in [3.8, 4) is 5.88 Å². The van der Waals surface area contributed by atoms with Crippen LogP contribution in [0.1, 0.15) is 18.1 Å². The van der Waals surface area contributed by atoms with Crippen molar-refractivity contribution in [3.05, 3.63) is 54.7 Å². The summed E-state index contributed by atoms with van der Waals surface area (Å²) in [6.07, 6.45) is 3.66. The van der Waals surface area contributed by atoms with Gasteiger partial charge in [-0.05, 0) is 65.6 Å². The van der Waals surface area contributed by atoms with E-state index in [1.54, 1.807) is 7.11 Å². The fourth-order valence-electron chi connectivity index (χ4n) is 2.16. The van der Waals surface area contributed by atoms with Crippen LogP contribution in [0.5, 0.6) is 5.88 Å². The summed E-state index contributed by atoms with van der Waals surface area (Å²) < 4.78 is 13.2. The van der Waals surface area contributed by atoms with E-state index in [4.69, 9.17) is 21.1 Å². The van der Waals surface area contributed by atoms with E-state index in [9.17, 15) is 0 Å². The Morgan fingerprint density at radius 1 is 1.30 bits per heavy atom. The van der Waals surface area contributed by atoms with Crippen LogP contribution in [0.2, 0.25) is 5.02 Å². The van der Waals surface area contributed by atoms with Crippen LogP contribution in [0.3, 0.4) is 0 Å². The summed E-state index contributed by atoms with van der Waals surface area (Å²) in [7, 11) is 1.62. The second-order valence-electron chi connectivity index (χ2n) is 5.19. The Labute approximate surface area is 164 Å². The maximum Gasteiger partial charge on any atom is 0.213 e. The molecule has 1 heterocycles. The summed E-state index contributed by atoms with van der Waals surface area (Å²) >= 11 is 11.8. The molecule has 1 aromatic heterocycles. The van der Waals surface area contributed by atoms with Crippen molar-refractivity contribution in [1.82, 2.24) is 4.98 Å². The first-order valence-corrected chi connectivity index (χ1v) is 9.48. The zero-order valence-electron chi connectivity index (χ0n) is 13.0. The number of aromatic nitrogens is 1. The van der Waals surface area contributed by atoms with Crippen molar-refractivity contribution in [3.63, 3.8) is 0 Å². The molecular weight excluding hydrogens is 492 g/mol. The number of nitrogens with zero attached hydrogens (tertiary/aromatic N) is 1. The minimum Gasteiger partial charge on any atom is -0.481 e. The Kier molecular flexibility index (Phi) is 7.59. The van der Waals surface area contributed by atoms with Crippen molar-refractivity contribution in [2.24, 2.45) is 0 Å². The molecule has 0 N–H and O–H groups in total. The lowest BCUT2D eigenvalue weighted by Gasteiger charge is -2.15. The number of hydrogen-bond donors (Lipinski definition) is 0. The highest BCUT2D eigenvalue weighted by molar-refractivity contribution is 14.1. The average molecular weight is 511 g/mol. The highest BCUT2D eigenvalue weighted by atomic mass is 127. The molecular formula is C17H18BrClINO2. The lowest BCUT2D eigenvalue weighted by molar-refractivity contribution is 0.0685. The van der Waals surface area contributed by atoms with Gasteiger partial charge in [0.25, 0.3) is 0 Å². The van der Waals surface area contributed by atoms with Gasteiger partial charge in [0.2, 0.25) is 5.88 Å². The molecule has 0 saturated carbocycles. The van der Waals surface area contributed by atoms with Crippen LogP contribution in [-0.2, 0) is 17.6 Å². The molecule has 3 nitrogen and oxygen atoms in total. The molecule has 124 valence electrons. The van der Waals surface area contributed by atoms with Gasteiger partial charge >= 0.3 is 0 Å². The number of benzene rings is 1. The molecule has 23 heavy (non-hydrogen) atoms. The molecule has 0 spiro atoms. The minimum atomic E-state index is 0.136. The molecule has 0 unspecified atom stereocenters. The van der Waals surface area contributed by atoms with Gasteiger partial charge in [-0.25, -0.2) is 4.98 Å². The van der Waals surface area contributed by atoms with E-state index < -0.39 is 0 Å². The number of pyridine rings is 1. The van der Waals surface area contributed by atoms with Gasteiger partial charge in [0.05, 0.1) is 19.8 Å². The van der Waals surface area contributed by atoms with Gasteiger partial charge in [-0.1, -0.05) is 33.6 Å². The largest absolute Gasteiger partial charge is 0.481 e. The first kappa shape index (κ1) is 19.0. The number of halogens is 3. The number of hydrogen-bond acceptors (Lipinski definition) is 3. The molecule has 0 aliphatic carbocycles. The topological polar surface area (TPSA) is 31.4 Å². The summed E-state index contributed by atoms with van der Waals surface area (Å²) in [6.45, 7) is 2.74. The number of methoxy groups -OCH3 is 1. The third-order valence-electron chi connectivity index (χ3n) is 3.41. The second kappa shape index (κ2) is 9.20. The second-order valence-corrected chi connectivity index (χ2v) is 7.64. The summed E-state index contributed by atoms with van der Waals surface area (Å²) in [5.74, 6) is 0.639. The molecule has 0 saturated heterocycles. The maximum atomic E-state index is 5.96. The van der Waals surface area contributed by atoms with Crippen molar-refractivity contribution in [1.29, 1.82) is 0 Å². The fraction of sp³-hybridized carbons (Fsp3) is 0.353. The SMILES string of the molecule is COc1cc(I)c(CCO[C@H](C)Cc2ccc(Cl)cc2Br)cn1. The van der Waals surface area contributed by atoms with Crippen LogP contribution in [0, 0.1) is 3.57 Å². The van der Waals surface area contributed by atoms with Gasteiger partial charge in [-0.2, -0.15) is 0 Å². The van der Waals surface area contributed by atoms with E-state index in [-0.39, 0.29) is 6.10 Å².